The van der Waals surface area contributed by atoms with Gasteiger partial charge in [0.05, 0.1) is 5.69 Å². The molecule has 18 heavy (non-hydrogen) atoms. The molecule has 3 rings (SSSR count). The van der Waals surface area contributed by atoms with E-state index >= 15 is 0 Å². The maximum atomic E-state index is 8.59. The van der Waals surface area contributed by atoms with Crippen LogP contribution in [-0.4, -0.2) is 14.4 Å². The van der Waals surface area contributed by atoms with Gasteiger partial charge in [0.25, 0.3) is 0 Å². The number of fused-ring (bicyclic) bond motifs is 3. The molecule has 0 N–H and O–H groups in total. The van der Waals surface area contributed by atoms with Gasteiger partial charge in [0.15, 0.2) is 5.65 Å². The number of aryl methyl sites for hydroxylation is 2. The average Bonchev–Trinajstić information content (AvgIpc) is 2.67. The van der Waals surface area contributed by atoms with Gasteiger partial charge >= 0.3 is 0 Å². The van der Waals surface area contributed by atoms with Crippen LogP contribution in [0.5, 0.6) is 0 Å². The summed E-state index contributed by atoms with van der Waals surface area (Å²) in [5.41, 5.74) is 13.2. The SMILES string of the molecule is Cc1ccn2c(c1)nc1c(N=[N+]=[N-])cc(C)nc12. The fourth-order valence-corrected chi connectivity index (χ4v) is 2.00. The topological polar surface area (TPSA) is 79.0 Å². The maximum Gasteiger partial charge on any atom is 0.165 e. The Morgan fingerprint density at radius 3 is 2.89 bits per heavy atom. The van der Waals surface area contributed by atoms with Crippen LogP contribution in [0.1, 0.15) is 11.3 Å². The second-order valence-corrected chi connectivity index (χ2v) is 4.19. The number of imidazole rings is 1. The van der Waals surface area contributed by atoms with Gasteiger partial charge < -0.3 is 0 Å². The van der Waals surface area contributed by atoms with E-state index in [1.54, 1.807) is 6.07 Å². The number of hydrogen-bond donors (Lipinski definition) is 0. The molecule has 88 valence electrons. The lowest BCUT2D eigenvalue weighted by atomic mass is 10.3. The van der Waals surface area contributed by atoms with Crippen molar-refractivity contribution in [3.05, 3.63) is 46.1 Å². The molecule has 6 nitrogen and oxygen atoms in total. The van der Waals surface area contributed by atoms with Crippen LogP contribution in [0.4, 0.5) is 5.69 Å². The van der Waals surface area contributed by atoms with E-state index in [9.17, 15) is 0 Å². The summed E-state index contributed by atoms with van der Waals surface area (Å²) in [6.07, 6.45) is 1.92. The van der Waals surface area contributed by atoms with Crippen molar-refractivity contribution in [1.82, 2.24) is 14.4 Å². The van der Waals surface area contributed by atoms with E-state index in [2.05, 4.69) is 20.0 Å². The molecule has 3 aromatic rings. The van der Waals surface area contributed by atoms with Crippen LogP contribution in [-0.2, 0) is 0 Å². The van der Waals surface area contributed by atoms with Gasteiger partial charge in [-0.15, -0.1) is 0 Å². The summed E-state index contributed by atoms with van der Waals surface area (Å²) >= 11 is 0. The van der Waals surface area contributed by atoms with Crippen molar-refractivity contribution in [2.24, 2.45) is 5.11 Å². The van der Waals surface area contributed by atoms with Crippen molar-refractivity contribution >= 4 is 22.5 Å². The molecule has 0 aromatic carbocycles. The summed E-state index contributed by atoms with van der Waals surface area (Å²) in [5, 5.41) is 3.68. The second kappa shape index (κ2) is 3.72. The standard InChI is InChI=1S/C12H10N6/c1-7-3-4-18-10(5-7)15-11-9(16-17-13)6-8(2)14-12(11)18/h3-6H,1-2H3. The Labute approximate surface area is 103 Å². The van der Waals surface area contributed by atoms with E-state index in [0.29, 0.717) is 16.9 Å². The number of nitrogens with zero attached hydrogens (tertiary/aromatic N) is 6. The highest BCUT2D eigenvalue weighted by atomic mass is 15.2. The van der Waals surface area contributed by atoms with Crippen molar-refractivity contribution in [3.8, 4) is 0 Å². The average molecular weight is 238 g/mol. The zero-order chi connectivity index (χ0) is 12.7. The fourth-order valence-electron chi connectivity index (χ4n) is 2.00. The van der Waals surface area contributed by atoms with Crippen molar-refractivity contribution in [1.29, 1.82) is 0 Å². The number of aromatic nitrogens is 3. The minimum absolute atomic E-state index is 0.515. The van der Waals surface area contributed by atoms with E-state index in [-0.39, 0.29) is 0 Å². The highest BCUT2D eigenvalue weighted by Crippen LogP contribution is 2.26. The Morgan fingerprint density at radius 1 is 1.28 bits per heavy atom. The van der Waals surface area contributed by atoms with E-state index in [0.717, 1.165) is 16.9 Å². The van der Waals surface area contributed by atoms with Crippen molar-refractivity contribution in [3.63, 3.8) is 0 Å². The smallest absolute Gasteiger partial charge is 0.165 e. The van der Waals surface area contributed by atoms with Gasteiger partial charge in [-0.3, -0.25) is 4.40 Å². The Bertz CT molecular complexity index is 810. The van der Waals surface area contributed by atoms with Crippen LogP contribution in [0, 0.1) is 13.8 Å². The van der Waals surface area contributed by atoms with E-state index in [4.69, 9.17) is 5.53 Å². The van der Waals surface area contributed by atoms with Crippen LogP contribution in [0.3, 0.4) is 0 Å². The molecule has 0 radical (unpaired) electrons. The van der Waals surface area contributed by atoms with Gasteiger partial charge in [-0.25, -0.2) is 9.97 Å². The van der Waals surface area contributed by atoms with Gasteiger partial charge in [0.1, 0.15) is 11.2 Å². The Morgan fingerprint density at radius 2 is 2.11 bits per heavy atom. The van der Waals surface area contributed by atoms with E-state index in [1.165, 1.54) is 0 Å². The lowest BCUT2D eigenvalue weighted by molar-refractivity contribution is 1.14. The minimum atomic E-state index is 0.515. The molecule has 0 atom stereocenters. The molecule has 0 aliphatic carbocycles. The molecule has 0 aliphatic rings. The third-order valence-corrected chi connectivity index (χ3v) is 2.78. The molecule has 0 saturated carbocycles. The first-order chi connectivity index (χ1) is 8.69. The zero-order valence-electron chi connectivity index (χ0n) is 9.99. The number of pyridine rings is 2. The normalized spacial score (nSPS) is 10.8. The highest BCUT2D eigenvalue weighted by molar-refractivity contribution is 5.87. The van der Waals surface area contributed by atoms with Gasteiger partial charge in [-0.1, -0.05) is 5.11 Å². The summed E-state index contributed by atoms with van der Waals surface area (Å²) < 4.78 is 1.89. The molecule has 0 aliphatic heterocycles. The number of hydrogen-bond acceptors (Lipinski definition) is 3. The lowest BCUT2D eigenvalue weighted by Gasteiger charge is -1.98. The molecular weight excluding hydrogens is 228 g/mol. The van der Waals surface area contributed by atoms with Crippen LogP contribution in [0.25, 0.3) is 27.3 Å². The molecule has 0 spiro atoms. The highest BCUT2D eigenvalue weighted by Gasteiger charge is 2.10. The number of rotatable bonds is 1. The monoisotopic (exact) mass is 238 g/mol. The maximum absolute atomic E-state index is 8.59. The molecule has 0 bridgehead atoms. The summed E-state index contributed by atoms with van der Waals surface area (Å²) in [6, 6.07) is 5.70. The van der Waals surface area contributed by atoms with Crippen molar-refractivity contribution < 1.29 is 0 Å². The van der Waals surface area contributed by atoms with Crippen LogP contribution in [0.2, 0.25) is 0 Å². The lowest BCUT2D eigenvalue weighted by Crippen LogP contribution is -1.88. The molecule has 0 amide bonds. The second-order valence-electron chi connectivity index (χ2n) is 4.19. The van der Waals surface area contributed by atoms with Gasteiger partial charge in [-0.05, 0) is 43.1 Å². The fraction of sp³-hybridized carbons (Fsp3) is 0.167. The Hall–Kier alpha value is -2.59. The van der Waals surface area contributed by atoms with E-state index < -0.39 is 0 Å². The van der Waals surface area contributed by atoms with Gasteiger partial charge in [-0.2, -0.15) is 0 Å². The first kappa shape index (κ1) is 10.6. The van der Waals surface area contributed by atoms with Gasteiger partial charge in [0, 0.05) is 16.8 Å². The Balaban J connectivity index is 2.52. The Kier molecular flexibility index (Phi) is 2.18. The van der Waals surface area contributed by atoms with Crippen LogP contribution in [0.15, 0.2) is 29.5 Å². The predicted molar refractivity (Wildman–Crippen MR) is 68.8 cm³/mol. The summed E-state index contributed by atoms with van der Waals surface area (Å²) in [6.45, 7) is 3.87. The first-order valence-electron chi connectivity index (χ1n) is 5.50. The minimum Gasteiger partial charge on any atom is -0.284 e. The third kappa shape index (κ3) is 1.48. The molecule has 0 unspecified atom stereocenters. The number of azide groups is 1. The molecule has 6 heteroatoms. The molecule has 0 saturated heterocycles. The first-order valence-corrected chi connectivity index (χ1v) is 5.50. The zero-order valence-corrected chi connectivity index (χ0v) is 9.99. The van der Waals surface area contributed by atoms with Crippen molar-refractivity contribution in [2.75, 3.05) is 0 Å². The van der Waals surface area contributed by atoms with E-state index in [1.807, 2.05) is 36.6 Å². The van der Waals surface area contributed by atoms with Crippen LogP contribution < -0.4 is 0 Å². The van der Waals surface area contributed by atoms with Crippen LogP contribution >= 0.6 is 0 Å². The quantitative estimate of drug-likeness (QED) is 0.369. The molecule has 0 fully saturated rings. The molecule has 3 heterocycles. The van der Waals surface area contributed by atoms with Crippen molar-refractivity contribution in [2.45, 2.75) is 13.8 Å². The summed E-state index contributed by atoms with van der Waals surface area (Å²) in [5.74, 6) is 0. The summed E-state index contributed by atoms with van der Waals surface area (Å²) in [7, 11) is 0. The third-order valence-electron chi connectivity index (χ3n) is 2.78. The molecule has 3 aromatic heterocycles. The largest absolute Gasteiger partial charge is 0.284 e. The van der Waals surface area contributed by atoms with Gasteiger partial charge in [0.2, 0.25) is 0 Å². The summed E-state index contributed by atoms with van der Waals surface area (Å²) in [4.78, 5) is 11.8. The molecular formula is C12H10N6. The predicted octanol–water partition coefficient (Wildman–Crippen LogP) is 3.44.